The number of allylic oxidation sites excluding steroid dienone is 1. The summed E-state index contributed by atoms with van der Waals surface area (Å²) in [4.78, 5) is 2.32. The van der Waals surface area contributed by atoms with E-state index in [0.717, 1.165) is 13.0 Å². The van der Waals surface area contributed by atoms with Gasteiger partial charge in [0.05, 0.1) is 0 Å². The highest BCUT2D eigenvalue weighted by Crippen LogP contribution is 2.22. The summed E-state index contributed by atoms with van der Waals surface area (Å²) in [5.41, 5.74) is 1.57. The van der Waals surface area contributed by atoms with Crippen molar-refractivity contribution in [1.82, 2.24) is 10.2 Å². The van der Waals surface area contributed by atoms with E-state index >= 15 is 0 Å². The Kier molecular flexibility index (Phi) is 6.15. The molecule has 2 heteroatoms. The van der Waals surface area contributed by atoms with Gasteiger partial charge in [-0.25, -0.2) is 0 Å². The lowest BCUT2D eigenvalue weighted by Gasteiger charge is -2.42. The Morgan fingerprint density at radius 1 is 1.33 bits per heavy atom. The molecule has 90 valence electrons. The molecule has 0 aliphatic heterocycles. The molecule has 0 aromatic rings. The number of likely N-dealkylation sites (N-methyl/N-ethyl adjacent to an activating group) is 2. The predicted molar refractivity (Wildman–Crippen MR) is 69.3 cm³/mol. The first kappa shape index (κ1) is 14.7. The molecule has 0 bridgehead atoms. The van der Waals surface area contributed by atoms with Crippen LogP contribution in [-0.4, -0.2) is 37.1 Å². The number of hydrogen-bond donors (Lipinski definition) is 1. The monoisotopic (exact) mass is 212 g/mol. The summed E-state index contributed by atoms with van der Waals surface area (Å²) in [7, 11) is 4.32. The molecule has 0 radical (unpaired) electrons. The van der Waals surface area contributed by atoms with Crippen molar-refractivity contribution in [2.75, 3.05) is 20.6 Å². The van der Waals surface area contributed by atoms with Crippen molar-refractivity contribution in [3.63, 3.8) is 0 Å². The standard InChI is InChI=1S/C13H28N2/c1-8-13(5,15(6)7)12(14-9-2)10-11(3)4/h10,12,14H,8-9H2,1-7H3. The Hall–Kier alpha value is -0.340. The summed E-state index contributed by atoms with van der Waals surface area (Å²) in [5, 5.41) is 3.57. The van der Waals surface area contributed by atoms with Crippen molar-refractivity contribution in [1.29, 1.82) is 0 Å². The highest BCUT2D eigenvalue weighted by molar-refractivity contribution is 5.10. The van der Waals surface area contributed by atoms with Crippen LogP contribution >= 0.6 is 0 Å². The molecule has 0 spiro atoms. The van der Waals surface area contributed by atoms with Crippen molar-refractivity contribution in [2.45, 2.75) is 52.6 Å². The van der Waals surface area contributed by atoms with E-state index in [1.807, 2.05) is 0 Å². The van der Waals surface area contributed by atoms with E-state index in [9.17, 15) is 0 Å². The first-order valence-corrected chi connectivity index (χ1v) is 5.94. The zero-order chi connectivity index (χ0) is 12.1. The highest BCUT2D eigenvalue weighted by atomic mass is 15.2. The third kappa shape index (κ3) is 3.96. The molecule has 0 aliphatic rings. The van der Waals surface area contributed by atoms with Crippen LogP contribution in [0.4, 0.5) is 0 Å². The molecule has 15 heavy (non-hydrogen) atoms. The Labute approximate surface area is 95.7 Å². The third-order valence-corrected chi connectivity index (χ3v) is 3.33. The van der Waals surface area contributed by atoms with E-state index in [1.165, 1.54) is 5.57 Å². The van der Waals surface area contributed by atoms with Gasteiger partial charge < -0.3 is 10.2 Å². The summed E-state index contributed by atoms with van der Waals surface area (Å²) in [6.45, 7) is 12.1. The molecule has 0 fully saturated rings. The molecule has 0 rings (SSSR count). The molecular weight excluding hydrogens is 184 g/mol. The van der Waals surface area contributed by atoms with E-state index in [-0.39, 0.29) is 5.54 Å². The van der Waals surface area contributed by atoms with Crippen LogP contribution in [0, 0.1) is 0 Å². The summed E-state index contributed by atoms with van der Waals surface area (Å²) in [6.07, 6.45) is 3.48. The van der Waals surface area contributed by atoms with Crippen LogP contribution in [0.15, 0.2) is 11.6 Å². The largest absolute Gasteiger partial charge is 0.309 e. The van der Waals surface area contributed by atoms with Crippen LogP contribution in [0.1, 0.15) is 41.0 Å². The van der Waals surface area contributed by atoms with Gasteiger partial charge in [-0.05, 0) is 47.8 Å². The van der Waals surface area contributed by atoms with Gasteiger partial charge in [-0.2, -0.15) is 0 Å². The van der Waals surface area contributed by atoms with Gasteiger partial charge in [0.2, 0.25) is 0 Å². The van der Waals surface area contributed by atoms with Gasteiger partial charge in [-0.3, -0.25) is 0 Å². The van der Waals surface area contributed by atoms with Crippen molar-refractivity contribution in [3.05, 3.63) is 11.6 Å². The normalized spacial score (nSPS) is 17.3. The quantitative estimate of drug-likeness (QED) is 0.681. The Balaban J connectivity index is 4.93. The van der Waals surface area contributed by atoms with Crippen LogP contribution < -0.4 is 5.32 Å². The fraction of sp³-hybridized carbons (Fsp3) is 0.846. The molecule has 0 aliphatic carbocycles. The molecule has 0 amide bonds. The second-order valence-corrected chi connectivity index (χ2v) is 4.88. The zero-order valence-corrected chi connectivity index (χ0v) is 11.5. The molecule has 0 aromatic carbocycles. The van der Waals surface area contributed by atoms with Crippen LogP contribution in [-0.2, 0) is 0 Å². The Morgan fingerprint density at radius 3 is 2.13 bits per heavy atom. The summed E-state index contributed by atoms with van der Waals surface area (Å²) >= 11 is 0. The second-order valence-electron chi connectivity index (χ2n) is 4.88. The summed E-state index contributed by atoms with van der Waals surface area (Å²) in [5.74, 6) is 0. The molecule has 0 aromatic heterocycles. The van der Waals surface area contributed by atoms with Crippen LogP contribution in [0.2, 0.25) is 0 Å². The van der Waals surface area contributed by atoms with E-state index in [4.69, 9.17) is 0 Å². The zero-order valence-electron chi connectivity index (χ0n) is 11.5. The Morgan fingerprint density at radius 2 is 1.87 bits per heavy atom. The molecule has 2 nitrogen and oxygen atoms in total. The molecule has 0 saturated carbocycles. The van der Waals surface area contributed by atoms with Gasteiger partial charge in [-0.1, -0.05) is 25.5 Å². The fourth-order valence-electron chi connectivity index (χ4n) is 1.83. The average molecular weight is 212 g/mol. The van der Waals surface area contributed by atoms with Gasteiger partial charge in [0, 0.05) is 11.6 Å². The van der Waals surface area contributed by atoms with E-state index < -0.39 is 0 Å². The summed E-state index contributed by atoms with van der Waals surface area (Å²) < 4.78 is 0. The number of nitrogens with zero attached hydrogens (tertiary/aromatic N) is 1. The van der Waals surface area contributed by atoms with Crippen molar-refractivity contribution in [3.8, 4) is 0 Å². The maximum atomic E-state index is 3.57. The van der Waals surface area contributed by atoms with Gasteiger partial charge in [-0.15, -0.1) is 0 Å². The summed E-state index contributed by atoms with van der Waals surface area (Å²) in [6, 6.07) is 0.424. The lowest BCUT2D eigenvalue weighted by Crippen LogP contribution is -2.56. The topological polar surface area (TPSA) is 15.3 Å². The molecule has 0 heterocycles. The molecule has 1 N–H and O–H groups in total. The number of hydrogen-bond acceptors (Lipinski definition) is 2. The van der Waals surface area contributed by atoms with Crippen LogP contribution in [0.5, 0.6) is 0 Å². The molecule has 2 unspecified atom stereocenters. The minimum Gasteiger partial charge on any atom is -0.309 e. The maximum absolute atomic E-state index is 3.57. The smallest absolute Gasteiger partial charge is 0.0436 e. The lowest BCUT2D eigenvalue weighted by molar-refractivity contribution is 0.133. The van der Waals surface area contributed by atoms with Crippen molar-refractivity contribution in [2.24, 2.45) is 0 Å². The van der Waals surface area contributed by atoms with Gasteiger partial charge in [0.25, 0.3) is 0 Å². The minimum absolute atomic E-state index is 0.188. The Bertz CT molecular complexity index is 205. The van der Waals surface area contributed by atoms with Gasteiger partial charge in [0.1, 0.15) is 0 Å². The second kappa shape index (κ2) is 6.29. The number of rotatable bonds is 6. The van der Waals surface area contributed by atoms with Crippen molar-refractivity contribution < 1.29 is 0 Å². The van der Waals surface area contributed by atoms with Gasteiger partial charge >= 0.3 is 0 Å². The fourth-order valence-corrected chi connectivity index (χ4v) is 1.83. The lowest BCUT2D eigenvalue weighted by atomic mass is 9.87. The predicted octanol–water partition coefficient (Wildman–Crippen LogP) is 2.66. The highest BCUT2D eigenvalue weighted by Gasteiger charge is 2.32. The average Bonchev–Trinajstić information content (AvgIpc) is 2.15. The van der Waals surface area contributed by atoms with Gasteiger partial charge in [0.15, 0.2) is 0 Å². The number of nitrogens with one attached hydrogen (secondary N) is 1. The van der Waals surface area contributed by atoms with E-state index in [0.29, 0.717) is 6.04 Å². The first-order chi connectivity index (χ1) is 6.88. The third-order valence-electron chi connectivity index (χ3n) is 3.33. The van der Waals surface area contributed by atoms with Crippen LogP contribution in [0.25, 0.3) is 0 Å². The van der Waals surface area contributed by atoms with Crippen molar-refractivity contribution >= 4 is 0 Å². The molecular formula is C13H28N2. The van der Waals surface area contributed by atoms with Crippen LogP contribution in [0.3, 0.4) is 0 Å². The van der Waals surface area contributed by atoms with E-state index in [2.05, 4.69) is 65.0 Å². The molecule has 0 saturated heterocycles. The first-order valence-electron chi connectivity index (χ1n) is 5.94. The SMILES string of the molecule is CCNC(C=C(C)C)C(C)(CC)N(C)C. The van der Waals surface area contributed by atoms with E-state index in [1.54, 1.807) is 0 Å². The minimum atomic E-state index is 0.188. The maximum Gasteiger partial charge on any atom is 0.0436 e. The molecule has 2 atom stereocenters.